The second kappa shape index (κ2) is 10.8. The number of oxime groups is 1. The molecule has 19 heteroatoms. The van der Waals surface area contributed by atoms with Crippen LogP contribution in [0.15, 0.2) is 39.5 Å². The number of amides is 2. The molecule has 2 aliphatic heterocycles. The predicted octanol–water partition coefficient (Wildman–Crippen LogP) is -0.576. The maximum atomic E-state index is 13.2. The van der Waals surface area contributed by atoms with Crippen LogP contribution in [0.25, 0.3) is 0 Å². The van der Waals surface area contributed by atoms with Gasteiger partial charge in [-0.25, -0.2) is 19.4 Å². The second-order valence-corrected chi connectivity index (χ2v) is 10.8. The van der Waals surface area contributed by atoms with Crippen molar-refractivity contribution in [3.05, 3.63) is 40.6 Å². The molecule has 198 valence electrons. The van der Waals surface area contributed by atoms with Gasteiger partial charge in [0.2, 0.25) is 5.16 Å². The summed E-state index contributed by atoms with van der Waals surface area (Å²) in [5.41, 5.74) is 6.81. The fourth-order valence-corrected chi connectivity index (χ4v) is 6.51. The summed E-state index contributed by atoms with van der Waals surface area (Å²) in [6, 6.07) is -0.965. The number of hydrogen-bond acceptors (Lipinski definition) is 14. The molecule has 0 aromatic carbocycles. The number of aromatic amines is 1. The van der Waals surface area contributed by atoms with E-state index in [4.69, 9.17) is 10.6 Å². The third kappa shape index (κ3) is 5.07. The van der Waals surface area contributed by atoms with Crippen molar-refractivity contribution in [2.24, 2.45) is 12.2 Å². The SMILES string of the molecule is Cn1nnnc1SCC1=C(C(=O)O)N2C(=O)[C@@H](NC(=O)/C(=N/OCc3cnc[nH]3)c3csc(N)n3)[C@H]2SC1. The molecule has 1 saturated heterocycles. The number of hydrogen-bond donors (Lipinski definition) is 4. The maximum Gasteiger partial charge on any atom is 0.352 e. The van der Waals surface area contributed by atoms with E-state index in [1.807, 2.05) is 0 Å². The number of tetrazole rings is 1. The standard InChI is InChI=1S/C19H19N11O5S3/c1-29-19(25-27-28-29)38-5-8-4-36-16-12(15(32)30(16)13(8)17(33)34)24-14(31)11(10-6-37-18(20)23-10)26-35-3-9-2-21-7-22-9/h2,6-7,12,16H,3-5H2,1H3,(H2,20,23)(H,21,22)(H,24,31)(H,33,34)/b26-11+/t12-,16-/m1/s1. The van der Waals surface area contributed by atoms with Crippen LogP contribution in [-0.2, 0) is 32.9 Å². The molecule has 0 saturated carbocycles. The van der Waals surface area contributed by atoms with Crippen LogP contribution in [0.5, 0.6) is 0 Å². The topological polar surface area (TPSA) is 219 Å². The first kappa shape index (κ1) is 25.7. The van der Waals surface area contributed by atoms with Gasteiger partial charge in [0.05, 0.1) is 18.2 Å². The summed E-state index contributed by atoms with van der Waals surface area (Å²) in [4.78, 5) is 55.6. The number of H-pyrrole nitrogens is 1. The molecule has 0 aliphatic carbocycles. The van der Waals surface area contributed by atoms with E-state index in [0.717, 1.165) is 11.3 Å². The summed E-state index contributed by atoms with van der Waals surface area (Å²) in [5, 5.41) is 29.3. The fourth-order valence-electron chi connectivity index (χ4n) is 3.63. The fraction of sp³-hybridized carbons (Fsp3) is 0.316. The van der Waals surface area contributed by atoms with Gasteiger partial charge in [-0.05, 0) is 16.0 Å². The Morgan fingerprint density at radius 3 is 2.95 bits per heavy atom. The average molecular weight is 578 g/mol. The number of carboxylic acid groups (broad SMARTS) is 1. The highest BCUT2D eigenvalue weighted by molar-refractivity contribution is 8.01. The van der Waals surface area contributed by atoms with Crippen molar-refractivity contribution in [2.45, 2.75) is 23.2 Å². The van der Waals surface area contributed by atoms with Crippen LogP contribution in [0.4, 0.5) is 5.13 Å². The summed E-state index contributed by atoms with van der Waals surface area (Å²) in [6.07, 6.45) is 3.02. The molecule has 0 radical (unpaired) electrons. The third-order valence-electron chi connectivity index (χ3n) is 5.40. The smallest absolute Gasteiger partial charge is 0.352 e. The van der Waals surface area contributed by atoms with E-state index < -0.39 is 29.2 Å². The number of aliphatic carboxylic acids is 1. The first-order chi connectivity index (χ1) is 18.3. The molecule has 5 rings (SSSR count). The largest absolute Gasteiger partial charge is 0.477 e. The highest BCUT2D eigenvalue weighted by atomic mass is 32.2. The average Bonchev–Trinajstić information content (AvgIpc) is 3.66. The van der Waals surface area contributed by atoms with Gasteiger partial charge >= 0.3 is 5.97 Å². The van der Waals surface area contributed by atoms with Crippen molar-refractivity contribution in [3.8, 4) is 0 Å². The van der Waals surface area contributed by atoms with Crippen LogP contribution in [0.3, 0.4) is 0 Å². The van der Waals surface area contributed by atoms with E-state index in [-0.39, 0.29) is 34.6 Å². The van der Waals surface area contributed by atoms with Gasteiger partial charge in [-0.1, -0.05) is 16.9 Å². The minimum atomic E-state index is -1.23. The van der Waals surface area contributed by atoms with E-state index in [9.17, 15) is 19.5 Å². The molecule has 3 aromatic heterocycles. The molecule has 38 heavy (non-hydrogen) atoms. The van der Waals surface area contributed by atoms with Crippen molar-refractivity contribution < 1.29 is 24.3 Å². The Hall–Kier alpha value is -3.97. The highest BCUT2D eigenvalue weighted by Gasteiger charge is 2.54. The van der Waals surface area contributed by atoms with E-state index >= 15 is 0 Å². The van der Waals surface area contributed by atoms with Crippen LogP contribution in [0.1, 0.15) is 11.4 Å². The van der Waals surface area contributed by atoms with Crippen LogP contribution in [-0.4, -0.2) is 91.6 Å². The third-order valence-corrected chi connectivity index (χ3v) is 8.51. The maximum absolute atomic E-state index is 13.2. The predicted molar refractivity (Wildman–Crippen MR) is 136 cm³/mol. The number of β-lactam (4-membered cyclic amide) rings is 1. The quantitative estimate of drug-likeness (QED) is 0.103. The van der Waals surface area contributed by atoms with Crippen molar-refractivity contribution >= 4 is 63.5 Å². The monoisotopic (exact) mass is 577 g/mol. The van der Waals surface area contributed by atoms with Gasteiger partial charge in [-0.15, -0.1) is 28.2 Å². The molecule has 2 amide bonds. The Balaban J connectivity index is 1.30. The zero-order chi connectivity index (χ0) is 26.8. The van der Waals surface area contributed by atoms with E-state index in [0.29, 0.717) is 22.2 Å². The van der Waals surface area contributed by atoms with E-state index in [2.05, 4.69) is 40.9 Å². The number of imidazole rings is 1. The molecule has 5 N–H and O–H groups in total. The lowest BCUT2D eigenvalue weighted by Crippen LogP contribution is -2.71. The number of aryl methyl sites for hydroxylation is 1. The first-order valence-corrected chi connectivity index (χ1v) is 13.7. The van der Waals surface area contributed by atoms with Crippen LogP contribution in [0, 0.1) is 0 Å². The first-order valence-electron chi connectivity index (χ1n) is 10.8. The molecular formula is C19H19N11O5S3. The number of thioether (sulfide) groups is 2. The molecule has 5 heterocycles. The molecule has 1 fully saturated rings. The van der Waals surface area contributed by atoms with Crippen molar-refractivity contribution in [1.82, 2.24) is 45.4 Å². The zero-order valence-electron chi connectivity index (χ0n) is 19.5. The number of aromatic nitrogens is 7. The van der Waals surface area contributed by atoms with Crippen molar-refractivity contribution in [3.63, 3.8) is 0 Å². The molecule has 16 nitrogen and oxygen atoms in total. The number of carbonyl (C=O) groups is 3. The number of carbonyl (C=O) groups excluding carboxylic acids is 2. The zero-order valence-corrected chi connectivity index (χ0v) is 21.9. The number of anilines is 1. The Bertz CT molecular complexity index is 1430. The minimum Gasteiger partial charge on any atom is -0.477 e. The lowest BCUT2D eigenvalue weighted by atomic mass is 10.0. The number of carboxylic acids is 1. The van der Waals surface area contributed by atoms with E-state index in [1.165, 1.54) is 39.4 Å². The van der Waals surface area contributed by atoms with E-state index in [1.54, 1.807) is 18.6 Å². The molecular weight excluding hydrogens is 558 g/mol. The summed E-state index contributed by atoms with van der Waals surface area (Å²) >= 11 is 3.73. The Morgan fingerprint density at radius 2 is 2.29 bits per heavy atom. The lowest BCUT2D eigenvalue weighted by molar-refractivity contribution is -0.150. The molecule has 0 spiro atoms. The van der Waals surface area contributed by atoms with Gasteiger partial charge in [-0.2, -0.15) is 0 Å². The second-order valence-electron chi connectivity index (χ2n) is 7.85. The van der Waals surface area contributed by atoms with Gasteiger partial charge in [0, 0.05) is 23.9 Å². The van der Waals surface area contributed by atoms with Gasteiger partial charge < -0.3 is 26.0 Å². The number of nitrogen functional groups attached to an aromatic ring is 1. The Morgan fingerprint density at radius 1 is 1.45 bits per heavy atom. The number of rotatable bonds is 10. The summed E-state index contributed by atoms with van der Waals surface area (Å²) < 4.78 is 1.47. The minimum absolute atomic E-state index is 0.0168. The number of nitrogens with one attached hydrogen (secondary N) is 2. The van der Waals surface area contributed by atoms with Crippen LogP contribution in [0.2, 0.25) is 0 Å². The number of nitrogens with two attached hydrogens (primary N) is 1. The summed E-state index contributed by atoms with van der Waals surface area (Å²) in [7, 11) is 1.67. The van der Waals surface area contributed by atoms with Gasteiger partial charge in [-0.3, -0.25) is 14.5 Å². The molecule has 0 unspecified atom stereocenters. The molecule has 2 aliphatic rings. The van der Waals surface area contributed by atoms with Crippen LogP contribution < -0.4 is 11.1 Å². The summed E-state index contributed by atoms with van der Waals surface area (Å²) in [6.45, 7) is 0.0168. The highest BCUT2D eigenvalue weighted by Crippen LogP contribution is 2.41. The van der Waals surface area contributed by atoms with Gasteiger partial charge in [0.1, 0.15) is 22.8 Å². The van der Waals surface area contributed by atoms with Crippen LogP contribution >= 0.6 is 34.9 Å². The molecule has 2 atom stereocenters. The van der Waals surface area contributed by atoms with Crippen molar-refractivity contribution in [2.75, 3.05) is 17.2 Å². The van der Waals surface area contributed by atoms with Gasteiger partial charge in [0.15, 0.2) is 17.5 Å². The molecule has 3 aromatic rings. The number of thiazole rings is 1. The van der Waals surface area contributed by atoms with Gasteiger partial charge in [0.25, 0.3) is 11.8 Å². The number of fused-ring (bicyclic) bond motifs is 1. The Kier molecular flexibility index (Phi) is 7.29. The Labute approximate surface area is 226 Å². The number of nitrogens with zero attached hydrogens (tertiary/aromatic N) is 8. The lowest BCUT2D eigenvalue weighted by Gasteiger charge is -2.49. The summed E-state index contributed by atoms with van der Waals surface area (Å²) in [5.74, 6) is -1.86. The molecule has 0 bridgehead atoms. The van der Waals surface area contributed by atoms with Crippen molar-refractivity contribution in [1.29, 1.82) is 0 Å². The normalized spacial score (nSPS) is 19.2.